The number of nitrogens with one attached hydrogen (secondary N) is 1. The summed E-state index contributed by atoms with van der Waals surface area (Å²) >= 11 is 0. The van der Waals surface area contributed by atoms with Crippen molar-refractivity contribution in [3.8, 4) is 0 Å². The predicted octanol–water partition coefficient (Wildman–Crippen LogP) is 4.05. The molecule has 4 heterocycles. The van der Waals surface area contributed by atoms with E-state index in [0.717, 1.165) is 31.5 Å². The third kappa shape index (κ3) is 4.05. The number of amides is 4. The van der Waals surface area contributed by atoms with Crippen LogP contribution in [0.2, 0.25) is 0 Å². The van der Waals surface area contributed by atoms with Crippen LogP contribution in [0.1, 0.15) is 70.3 Å². The number of carbonyl (C=O) groups is 3. The Balaban J connectivity index is 1.17. The number of fused-ring (bicyclic) bond motifs is 6. The molecule has 4 aliphatic heterocycles. The second kappa shape index (κ2) is 9.33. The fourth-order valence-corrected chi connectivity index (χ4v) is 7.47. The smallest absolute Gasteiger partial charge is 0.329 e. The summed E-state index contributed by atoms with van der Waals surface area (Å²) in [6.45, 7) is 7.21. The van der Waals surface area contributed by atoms with E-state index in [9.17, 15) is 14.4 Å². The molecule has 36 heavy (non-hydrogen) atoms. The Kier molecular flexibility index (Phi) is 6.14. The van der Waals surface area contributed by atoms with Crippen molar-refractivity contribution in [3.63, 3.8) is 0 Å². The molecule has 4 saturated heterocycles. The van der Waals surface area contributed by atoms with E-state index >= 15 is 0 Å². The lowest BCUT2D eigenvalue weighted by molar-refractivity contribution is -0.138. The summed E-state index contributed by atoms with van der Waals surface area (Å²) in [4.78, 5) is 45.5. The molecule has 0 unspecified atom stereocenters. The minimum Gasteiger partial charge on any atom is -0.336 e. The summed E-state index contributed by atoms with van der Waals surface area (Å²) in [6, 6.07) is 7.11. The molecule has 4 fully saturated rings. The zero-order valence-corrected chi connectivity index (χ0v) is 21.5. The van der Waals surface area contributed by atoms with E-state index < -0.39 is 12.1 Å². The number of benzene rings is 1. The number of hydrogen-bond acceptors (Lipinski definition) is 4. The molecule has 0 radical (unpaired) electrons. The van der Waals surface area contributed by atoms with Crippen LogP contribution in [0.3, 0.4) is 0 Å². The molecule has 0 spiro atoms. The Morgan fingerprint density at radius 1 is 1.08 bits per heavy atom. The van der Waals surface area contributed by atoms with Gasteiger partial charge >= 0.3 is 6.03 Å². The van der Waals surface area contributed by atoms with Crippen LogP contribution in [0.5, 0.6) is 0 Å². The highest BCUT2D eigenvalue weighted by Gasteiger charge is 2.48. The Hall–Kier alpha value is -2.67. The van der Waals surface area contributed by atoms with Crippen LogP contribution in [0.4, 0.5) is 10.5 Å². The van der Waals surface area contributed by atoms with E-state index in [1.54, 1.807) is 0 Å². The van der Waals surface area contributed by atoms with Crippen molar-refractivity contribution in [1.82, 2.24) is 15.1 Å². The summed E-state index contributed by atoms with van der Waals surface area (Å²) in [7, 11) is 0. The molecule has 5 atom stereocenters. The molecule has 1 N–H and O–H groups in total. The van der Waals surface area contributed by atoms with Gasteiger partial charge in [-0.3, -0.25) is 14.5 Å². The number of hydrogen-bond donors (Lipinski definition) is 1. The van der Waals surface area contributed by atoms with Crippen LogP contribution in [-0.2, 0) is 9.59 Å². The van der Waals surface area contributed by atoms with Crippen LogP contribution in [0.15, 0.2) is 35.9 Å². The average Bonchev–Trinajstić information content (AvgIpc) is 3.16. The maximum atomic E-state index is 13.6. The second-order valence-corrected chi connectivity index (χ2v) is 11.7. The highest BCUT2D eigenvalue weighted by atomic mass is 16.2. The van der Waals surface area contributed by atoms with Crippen molar-refractivity contribution in [2.24, 2.45) is 11.8 Å². The molecular formula is C29H38N4O3. The predicted molar refractivity (Wildman–Crippen MR) is 139 cm³/mol. The second-order valence-electron chi connectivity index (χ2n) is 11.7. The maximum Gasteiger partial charge on any atom is 0.329 e. The van der Waals surface area contributed by atoms with Gasteiger partial charge in [0.1, 0.15) is 6.04 Å². The number of carbonyl (C=O) groups excluding carboxylic acids is 3. The molecule has 1 aliphatic carbocycles. The molecule has 1 aromatic rings. The molecule has 192 valence electrons. The largest absolute Gasteiger partial charge is 0.336 e. The first-order valence-electron chi connectivity index (χ1n) is 13.9. The molecule has 6 rings (SSSR count). The average molecular weight is 491 g/mol. The molecule has 4 amide bonds. The Morgan fingerprint density at radius 3 is 2.67 bits per heavy atom. The third-order valence-corrected chi connectivity index (χ3v) is 9.19. The normalized spacial score (nSPS) is 32.2. The number of likely N-dealkylation sites (tertiary alicyclic amines) is 1. The quantitative estimate of drug-likeness (QED) is 0.511. The van der Waals surface area contributed by atoms with Gasteiger partial charge in [-0.25, -0.2) is 9.69 Å². The molecule has 1 aromatic carbocycles. The van der Waals surface area contributed by atoms with Gasteiger partial charge in [-0.15, -0.1) is 0 Å². The van der Waals surface area contributed by atoms with Gasteiger partial charge < -0.3 is 10.2 Å². The van der Waals surface area contributed by atoms with E-state index in [1.807, 2.05) is 29.2 Å². The lowest BCUT2D eigenvalue weighted by Gasteiger charge is -2.54. The molecule has 7 heteroatoms. The fourth-order valence-electron chi connectivity index (χ4n) is 7.47. The Morgan fingerprint density at radius 2 is 1.89 bits per heavy atom. The summed E-state index contributed by atoms with van der Waals surface area (Å²) in [6.07, 6.45) is 9.66. The van der Waals surface area contributed by atoms with E-state index in [1.165, 1.54) is 42.7 Å². The third-order valence-electron chi connectivity index (χ3n) is 9.19. The van der Waals surface area contributed by atoms with E-state index in [2.05, 4.69) is 30.1 Å². The van der Waals surface area contributed by atoms with Gasteiger partial charge in [-0.2, -0.15) is 0 Å². The highest BCUT2D eigenvalue weighted by Crippen LogP contribution is 2.45. The molecule has 2 bridgehead atoms. The molecule has 7 nitrogen and oxygen atoms in total. The SMILES string of the molecule is CC(C)c1ccc(N2C(=O)N[C@@H](CC(=O)N3CCCC4=C[C@H]5C[C@@H](CN6CCCC[C@H]56)[C@@H]43)C2=O)cc1. The number of rotatable bonds is 4. The van der Waals surface area contributed by atoms with E-state index in [4.69, 9.17) is 0 Å². The monoisotopic (exact) mass is 490 g/mol. The summed E-state index contributed by atoms with van der Waals surface area (Å²) in [5.74, 6) is 1.11. The van der Waals surface area contributed by atoms with Crippen LogP contribution < -0.4 is 10.2 Å². The van der Waals surface area contributed by atoms with Crippen LogP contribution in [-0.4, -0.2) is 65.4 Å². The van der Waals surface area contributed by atoms with Crippen LogP contribution in [0, 0.1) is 11.8 Å². The minimum atomic E-state index is -0.807. The molecular weight excluding hydrogens is 452 g/mol. The highest BCUT2D eigenvalue weighted by molar-refractivity contribution is 6.22. The van der Waals surface area contributed by atoms with Crippen molar-refractivity contribution in [1.29, 1.82) is 0 Å². The number of piperidine rings is 3. The first-order chi connectivity index (χ1) is 17.4. The molecule has 5 aliphatic rings. The fraction of sp³-hybridized carbons (Fsp3) is 0.621. The van der Waals surface area contributed by atoms with Crippen molar-refractivity contribution >= 4 is 23.5 Å². The van der Waals surface area contributed by atoms with Gasteiger partial charge in [0.15, 0.2) is 0 Å². The maximum absolute atomic E-state index is 13.6. The number of nitrogens with zero attached hydrogens (tertiary/aromatic N) is 3. The summed E-state index contributed by atoms with van der Waals surface area (Å²) in [5.41, 5.74) is 3.14. The van der Waals surface area contributed by atoms with Gasteiger partial charge in [-0.05, 0) is 74.1 Å². The number of anilines is 1. The van der Waals surface area contributed by atoms with Gasteiger partial charge in [-0.1, -0.05) is 44.1 Å². The summed E-state index contributed by atoms with van der Waals surface area (Å²) < 4.78 is 0. The summed E-state index contributed by atoms with van der Waals surface area (Å²) in [5, 5.41) is 2.78. The van der Waals surface area contributed by atoms with Gasteiger partial charge in [0.2, 0.25) is 5.91 Å². The Bertz CT molecular complexity index is 1080. The minimum absolute atomic E-state index is 0.0135. The number of imide groups is 1. The zero-order valence-electron chi connectivity index (χ0n) is 21.5. The van der Waals surface area contributed by atoms with Crippen molar-refractivity contribution < 1.29 is 14.4 Å². The van der Waals surface area contributed by atoms with Gasteiger partial charge in [0.25, 0.3) is 5.91 Å². The number of urea groups is 1. The Labute approximate surface area is 213 Å². The lowest BCUT2D eigenvalue weighted by atomic mass is 9.68. The van der Waals surface area contributed by atoms with Crippen LogP contribution >= 0.6 is 0 Å². The van der Waals surface area contributed by atoms with Gasteiger partial charge in [0.05, 0.1) is 18.2 Å². The van der Waals surface area contributed by atoms with Crippen LogP contribution in [0.25, 0.3) is 0 Å². The first-order valence-corrected chi connectivity index (χ1v) is 13.9. The van der Waals surface area contributed by atoms with Crippen molar-refractivity contribution in [2.75, 3.05) is 24.5 Å². The van der Waals surface area contributed by atoms with Crippen molar-refractivity contribution in [2.45, 2.75) is 82.8 Å². The van der Waals surface area contributed by atoms with Crippen molar-refractivity contribution in [3.05, 3.63) is 41.5 Å². The lowest BCUT2D eigenvalue weighted by Crippen LogP contribution is -2.60. The first kappa shape index (κ1) is 23.7. The zero-order chi connectivity index (χ0) is 25.0. The standard InChI is InChI=1S/C29H38N4O3/c1-18(2)19-8-10-23(11-9-19)33-28(35)24(30-29(33)36)16-26(34)32-13-5-6-20-14-21-15-22(27(20)32)17-31-12-4-3-7-25(21)31/h8-11,14,18,21-22,24-25,27H,3-7,12-13,15-17H2,1-2H3,(H,30,36)/t21-,22-,24-,25+,27+/m0/s1. The van der Waals surface area contributed by atoms with E-state index in [-0.39, 0.29) is 24.3 Å². The molecule has 0 aromatic heterocycles. The van der Waals surface area contributed by atoms with E-state index in [0.29, 0.717) is 29.5 Å². The van der Waals surface area contributed by atoms with Gasteiger partial charge in [0, 0.05) is 19.1 Å². The topological polar surface area (TPSA) is 73.0 Å². The molecule has 0 saturated carbocycles.